The second kappa shape index (κ2) is 7.15. The van der Waals surface area contributed by atoms with Gasteiger partial charge < -0.3 is 5.32 Å². The Hall–Kier alpha value is -2.98. The molecule has 0 fully saturated rings. The van der Waals surface area contributed by atoms with Crippen molar-refractivity contribution in [2.45, 2.75) is 0 Å². The number of benzene rings is 2. The van der Waals surface area contributed by atoms with Gasteiger partial charge in [0.25, 0.3) is 5.91 Å². The van der Waals surface area contributed by atoms with Gasteiger partial charge in [-0.1, -0.05) is 18.2 Å². The van der Waals surface area contributed by atoms with E-state index < -0.39 is 11.7 Å². The van der Waals surface area contributed by atoms with Crippen molar-refractivity contribution < 1.29 is 9.18 Å². The molecular weight excluding hydrogens is 303 g/mol. The second-order valence-electron chi connectivity index (χ2n) is 4.21. The fourth-order valence-corrected chi connectivity index (χ4v) is 1.79. The van der Waals surface area contributed by atoms with Crippen LogP contribution in [0.4, 0.5) is 10.1 Å². The molecule has 0 unspecified atom stereocenters. The van der Waals surface area contributed by atoms with E-state index in [9.17, 15) is 9.18 Å². The van der Waals surface area contributed by atoms with Crippen LogP contribution in [0.25, 0.3) is 0 Å². The third-order valence-corrected chi connectivity index (χ3v) is 2.87. The minimum atomic E-state index is -0.463. The highest BCUT2D eigenvalue weighted by molar-refractivity contribution is 7.80. The first kappa shape index (κ1) is 15.4. The normalized spacial score (nSPS) is 9.45. The van der Waals surface area contributed by atoms with Gasteiger partial charge in [0.1, 0.15) is 5.82 Å². The number of rotatable bonds is 2. The molecule has 0 aromatic heterocycles. The average Bonchev–Trinajstić information content (AvgIpc) is 2.55. The number of nitrogens with zero attached hydrogens (tertiary/aromatic N) is 1. The lowest BCUT2D eigenvalue weighted by Gasteiger charge is -2.12. The summed E-state index contributed by atoms with van der Waals surface area (Å²) in [5.74, 6) is -0.922. The van der Waals surface area contributed by atoms with Gasteiger partial charge in [-0.15, -0.1) is 0 Å². The number of hydrogen-bond acceptors (Lipinski definition) is 3. The van der Waals surface area contributed by atoms with Crippen molar-refractivity contribution in [2.24, 2.45) is 0 Å². The zero-order valence-electron chi connectivity index (χ0n) is 11.3. The third kappa shape index (κ3) is 4.01. The number of anilines is 1. The summed E-state index contributed by atoms with van der Waals surface area (Å²) in [6.45, 7) is 0. The molecule has 3 N–H and O–H groups in total. The Morgan fingerprint density at radius 3 is 2.64 bits per heavy atom. The smallest absolute Gasteiger partial charge is 0.269 e. The van der Waals surface area contributed by atoms with Crippen LogP contribution in [0.15, 0.2) is 48.5 Å². The van der Waals surface area contributed by atoms with Crippen LogP contribution < -0.4 is 16.2 Å². The van der Waals surface area contributed by atoms with Crippen LogP contribution in [-0.4, -0.2) is 11.0 Å². The monoisotopic (exact) mass is 314 g/mol. The molecule has 0 aliphatic rings. The maximum Gasteiger partial charge on any atom is 0.269 e. The van der Waals surface area contributed by atoms with E-state index in [1.165, 1.54) is 18.2 Å². The Labute approximate surface area is 131 Å². The molecule has 0 aliphatic heterocycles. The zero-order chi connectivity index (χ0) is 15.9. The Morgan fingerprint density at radius 2 is 1.91 bits per heavy atom. The number of halogens is 1. The largest absolute Gasteiger partial charge is 0.329 e. The molecule has 0 atom stereocenters. The van der Waals surface area contributed by atoms with E-state index in [1.807, 2.05) is 6.07 Å². The topological polar surface area (TPSA) is 77.0 Å². The Balaban J connectivity index is 1.92. The summed E-state index contributed by atoms with van der Waals surface area (Å²) >= 11 is 4.96. The molecule has 0 saturated heterocycles. The highest BCUT2D eigenvalue weighted by Crippen LogP contribution is 2.11. The van der Waals surface area contributed by atoms with Gasteiger partial charge in [-0.3, -0.25) is 15.6 Å². The second-order valence-corrected chi connectivity index (χ2v) is 4.61. The van der Waals surface area contributed by atoms with Crippen LogP contribution in [0.5, 0.6) is 0 Å². The quantitative estimate of drug-likeness (QED) is 0.586. The van der Waals surface area contributed by atoms with Crippen LogP contribution in [-0.2, 0) is 0 Å². The summed E-state index contributed by atoms with van der Waals surface area (Å²) in [4.78, 5) is 11.9. The molecule has 0 spiro atoms. The summed E-state index contributed by atoms with van der Waals surface area (Å²) in [5.41, 5.74) is 5.71. The van der Waals surface area contributed by atoms with Crippen LogP contribution >= 0.6 is 12.2 Å². The number of hydrazine groups is 1. The van der Waals surface area contributed by atoms with Crippen LogP contribution in [0, 0.1) is 17.1 Å². The highest BCUT2D eigenvalue weighted by Gasteiger charge is 2.07. The number of carbonyl (C=O) groups excluding carboxylic acids is 1. The first-order chi connectivity index (χ1) is 10.6. The van der Waals surface area contributed by atoms with Gasteiger partial charge in [0.15, 0.2) is 5.11 Å². The number of para-hydroxylation sites is 1. The van der Waals surface area contributed by atoms with Crippen LogP contribution in [0.1, 0.15) is 15.9 Å². The highest BCUT2D eigenvalue weighted by atomic mass is 32.1. The fourth-order valence-electron chi connectivity index (χ4n) is 1.63. The summed E-state index contributed by atoms with van der Waals surface area (Å²) in [6.07, 6.45) is 0. The molecule has 5 nitrogen and oxygen atoms in total. The minimum Gasteiger partial charge on any atom is -0.329 e. The van der Waals surface area contributed by atoms with E-state index in [-0.39, 0.29) is 10.8 Å². The van der Waals surface area contributed by atoms with E-state index in [1.54, 1.807) is 30.3 Å². The number of hydrogen-bond donors (Lipinski definition) is 3. The van der Waals surface area contributed by atoms with Crippen molar-refractivity contribution in [2.75, 3.05) is 5.32 Å². The van der Waals surface area contributed by atoms with Crippen LogP contribution in [0.3, 0.4) is 0 Å². The van der Waals surface area contributed by atoms with E-state index >= 15 is 0 Å². The van der Waals surface area contributed by atoms with E-state index in [0.717, 1.165) is 0 Å². The maximum absolute atomic E-state index is 13.4. The Kier molecular flexibility index (Phi) is 5.01. The van der Waals surface area contributed by atoms with Gasteiger partial charge in [0.05, 0.1) is 17.3 Å². The van der Waals surface area contributed by atoms with Gasteiger partial charge in [-0.05, 0) is 42.5 Å². The fraction of sp³-hybridized carbons (Fsp3) is 0. The lowest BCUT2D eigenvalue weighted by Crippen LogP contribution is -2.43. The number of nitriles is 1. The minimum absolute atomic E-state index is 0.0369. The first-order valence-electron chi connectivity index (χ1n) is 6.22. The molecule has 110 valence electrons. The lowest BCUT2D eigenvalue weighted by molar-refractivity contribution is 0.0944. The molecule has 0 radical (unpaired) electrons. The molecule has 0 bridgehead atoms. The van der Waals surface area contributed by atoms with Crippen LogP contribution in [0.2, 0.25) is 0 Å². The molecule has 2 aromatic carbocycles. The van der Waals surface area contributed by atoms with Gasteiger partial charge in [-0.25, -0.2) is 4.39 Å². The summed E-state index contributed by atoms with van der Waals surface area (Å²) < 4.78 is 13.4. The molecule has 22 heavy (non-hydrogen) atoms. The SMILES string of the molecule is N#Cc1cccc(C(=O)NNC(=S)Nc2ccccc2F)c1. The molecular formula is C15H11FN4OS. The number of carbonyl (C=O) groups is 1. The Morgan fingerprint density at radius 1 is 1.14 bits per heavy atom. The van der Waals surface area contributed by atoms with Gasteiger partial charge >= 0.3 is 0 Å². The molecule has 7 heteroatoms. The summed E-state index contributed by atoms with van der Waals surface area (Å²) in [5, 5.41) is 11.4. The summed E-state index contributed by atoms with van der Waals surface area (Å²) in [6, 6.07) is 14.2. The first-order valence-corrected chi connectivity index (χ1v) is 6.63. The van der Waals surface area contributed by atoms with E-state index in [2.05, 4.69) is 16.2 Å². The Bertz CT molecular complexity index is 757. The van der Waals surface area contributed by atoms with Crippen molar-refractivity contribution in [3.63, 3.8) is 0 Å². The summed E-state index contributed by atoms with van der Waals surface area (Å²) in [7, 11) is 0. The van der Waals surface area contributed by atoms with Crippen molar-refractivity contribution in [3.05, 3.63) is 65.5 Å². The standard InChI is InChI=1S/C15H11FN4OS/c16-12-6-1-2-7-13(12)18-15(22)20-19-14(21)11-5-3-4-10(8-11)9-17/h1-8H,(H,19,21)(H2,18,20,22). The molecule has 0 heterocycles. The van der Waals surface area contributed by atoms with Gasteiger partial charge in [0, 0.05) is 5.56 Å². The predicted molar refractivity (Wildman–Crippen MR) is 84.4 cm³/mol. The van der Waals surface area contributed by atoms with Gasteiger partial charge in [0.2, 0.25) is 0 Å². The number of amides is 1. The van der Waals surface area contributed by atoms with E-state index in [4.69, 9.17) is 17.5 Å². The number of thiocarbonyl (C=S) groups is 1. The zero-order valence-corrected chi connectivity index (χ0v) is 12.1. The molecule has 1 amide bonds. The third-order valence-electron chi connectivity index (χ3n) is 2.67. The lowest BCUT2D eigenvalue weighted by atomic mass is 10.1. The number of nitrogens with one attached hydrogen (secondary N) is 3. The molecule has 0 saturated carbocycles. The van der Waals surface area contributed by atoms with E-state index in [0.29, 0.717) is 11.1 Å². The predicted octanol–water partition coefficient (Wildman–Crippen LogP) is 2.33. The molecule has 0 aliphatic carbocycles. The maximum atomic E-state index is 13.4. The van der Waals surface area contributed by atoms with Crippen molar-refractivity contribution in [3.8, 4) is 6.07 Å². The van der Waals surface area contributed by atoms with Crippen molar-refractivity contribution in [1.82, 2.24) is 10.9 Å². The van der Waals surface area contributed by atoms with Crippen molar-refractivity contribution in [1.29, 1.82) is 5.26 Å². The molecule has 2 rings (SSSR count). The average molecular weight is 314 g/mol. The molecule has 2 aromatic rings. The van der Waals surface area contributed by atoms with Crippen molar-refractivity contribution >= 4 is 28.9 Å². The van der Waals surface area contributed by atoms with Gasteiger partial charge in [-0.2, -0.15) is 5.26 Å².